The number of hydrogen-bond acceptors (Lipinski definition) is 5. The van der Waals surface area contributed by atoms with Gasteiger partial charge >= 0.3 is 0 Å². The maximum absolute atomic E-state index is 13.0. The number of Topliss-reactive ketones (excluding diaryl/α,β-unsaturated/α-hetero) is 1. The minimum Gasteiger partial charge on any atom is -0.370 e. The van der Waals surface area contributed by atoms with Gasteiger partial charge in [-0.1, -0.05) is 6.92 Å². The van der Waals surface area contributed by atoms with E-state index in [0.717, 1.165) is 0 Å². The van der Waals surface area contributed by atoms with Crippen LogP contribution in [0.5, 0.6) is 0 Å². The normalized spacial score (nSPS) is 25.4. The molecule has 10 nitrogen and oxygen atoms in total. The maximum Gasteiger partial charge on any atom is 0.245 e. The summed E-state index contributed by atoms with van der Waals surface area (Å²) in [5.41, 5.74) is 10.7. The average molecular weight is 394 g/mol. The predicted molar refractivity (Wildman–Crippen MR) is 102 cm³/mol. The smallest absolute Gasteiger partial charge is 0.245 e. The first kappa shape index (κ1) is 21.6. The molecule has 2 aliphatic rings. The summed E-state index contributed by atoms with van der Waals surface area (Å²) >= 11 is 0. The van der Waals surface area contributed by atoms with Gasteiger partial charge in [0, 0.05) is 31.8 Å². The van der Waals surface area contributed by atoms with Crippen LogP contribution in [0.2, 0.25) is 0 Å². The van der Waals surface area contributed by atoms with Crippen molar-refractivity contribution in [3.8, 4) is 0 Å². The Morgan fingerprint density at radius 3 is 2.57 bits per heavy atom. The predicted octanol–water partition coefficient (Wildman–Crippen LogP) is -1.17. The molecule has 2 rings (SSSR count). The zero-order valence-corrected chi connectivity index (χ0v) is 16.2. The number of amides is 3. The van der Waals surface area contributed by atoms with Crippen LogP contribution >= 0.6 is 0 Å². The third kappa shape index (κ3) is 5.43. The van der Waals surface area contributed by atoms with E-state index >= 15 is 0 Å². The van der Waals surface area contributed by atoms with Crippen molar-refractivity contribution in [3.05, 3.63) is 0 Å². The summed E-state index contributed by atoms with van der Waals surface area (Å²) in [5, 5.41) is 12.6. The van der Waals surface area contributed by atoms with Gasteiger partial charge in [-0.15, -0.1) is 0 Å². The van der Waals surface area contributed by atoms with E-state index in [-0.39, 0.29) is 35.9 Å². The quantitative estimate of drug-likeness (QED) is 0.197. The SMILES string of the molecule is C[C@@H]1CC(=O)C[C@@H]1C(=O)N[C@@H](CCCNC(=N)N)C(=O)N1CCC[C@H]1C(N)=O. The molecule has 3 amide bonds. The van der Waals surface area contributed by atoms with Gasteiger partial charge in [-0.3, -0.25) is 24.6 Å². The molecular formula is C18H30N6O4. The standard InChI is InChI=1S/C18H30N6O4/c1-10-8-11(25)9-12(10)16(27)23-13(4-2-6-22-18(20)21)17(28)24-7-3-5-14(24)15(19)26/h10,12-14H,2-9H2,1H3,(H2,19,26)(H,23,27)(H4,20,21,22)/t10-,12+,13+,14+/m1/s1. The number of hydrogen-bond donors (Lipinski definition) is 5. The van der Waals surface area contributed by atoms with Crippen LogP contribution in [0.15, 0.2) is 0 Å². The molecule has 1 saturated heterocycles. The molecule has 10 heteroatoms. The van der Waals surface area contributed by atoms with Crippen LogP contribution in [0.4, 0.5) is 0 Å². The van der Waals surface area contributed by atoms with Crippen molar-refractivity contribution in [1.82, 2.24) is 15.5 Å². The number of carbonyl (C=O) groups excluding carboxylic acids is 4. The molecule has 1 saturated carbocycles. The van der Waals surface area contributed by atoms with E-state index in [0.29, 0.717) is 45.2 Å². The third-order valence-electron chi connectivity index (χ3n) is 5.48. The molecule has 2 fully saturated rings. The summed E-state index contributed by atoms with van der Waals surface area (Å²) in [4.78, 5) is 50.4. The van der Waals surface area contributed by atoms with Crippen molar-refractivity contribution >= 4 is 29.5 Å². The van der Waals surface area contributed by atoms with Gasteiger partial charge in [0.2, 0.25) is 17.7 Å². The van der Waals surface area contributed by atoms with Gasteiger partial charge in [0.05, 0.1) is 0 Å². The van der Waals surface area contributed by atoms with E-state index in [1.807, 2.05) is 6.92 Å². The van der Waals surface area contributed by atoms with E-state index in [4.69, 9.17) is 16.9 Å². The number of guanidine groups is 1. The fourth-order valence-electron chi connectivity index (χ4n) is 3.97. The maximum atomic E-state index is 13.0. The average Bonchev–Trinajstić information content (AvgIpc) is 3.23. The van der Waals surface area contributed by atoms with Crippen LogP contribution < -0.4 is 22.1 Å². The van der Waals surface area contributed by atoms with Gasteiger partial charge in [-0.05, 0) is 31.6 Å². The topological polar surface area (TPSA) is 171 Å². The first-order valence-electron chi connectivity index (χ1n) is 9.70. The van der Waals surface area contributed by atoms with Gasteiger partial charge in [0.25, 0.3) is 0 Å². The number of ketones is 1. The summed E-state index contributed by atoms with van der Waals surface area (Å²) in [5.74, 6) is -1.82. The molecule has 4 atom stereocenters. The second kappa shape index (κ2) is 9.52. The number of carbonyl (C=O) groups is 4. The van der Waals surface area contributed by atoms with Crippen molar-refractivity contribution in [1.29, 1.82) is 5.41 Å². The highest BCUT2D eigenvalue weighted by Gasteiger charge is 2.39. The molecule has 1 heterocycles. The molecule has 0 aromatic carbocycles. The highest BCUT2D eigenvalue weighted by atomic mass is 16.2. The summed E-state index contributed by atoms with van der Waals surface area (Å²) in [6, 6.07) is -1.47. The fourth-order valence-corrected chi connectivity index (χ4v) is 3.97. The van der Waals surface area contributed by atoms with Crippen LogP contribution in [0.25, 0.3) is 0 Å². The summed E-state index contributed by atoms with van der Waals surface area (Å²) in [7, 11) is 0. The van der Waals surface area contributed by atoms with Crippen molar-refractivity contribution in [2.24, 2.45) is 23.3 Å². The number of rotatable bonds is 8. The molecule has 1 aliphatic heterocycles. The zero-order chi connectivity index (χ0) is 20.8. The van der Waals surface area contributed by atoms with Crippen molar-refractivity contribution in [3.63, 3.8) is 0 Å². The van der Waals surface area contributed by atoms with Crippen LogP contribution in [-0.2, 0) is 19.2 Å². The Bertz CT molecular complexity index is 652. The first-order valence-corrected chi connectivity index (χ1v) is 9.70. The summed E-state index contributed by atoms with van der Waals surface area (Å²) < 4.78 is 0. The lowest BCUT2D eigenvalue weighted by molar-refractivity contribution is -0.141. The molecule has 0 aromatic heterocycles. The monoisotopic (exact) mass is 394 g/mol. The van der Waals surface area contributed by atoms with E-state index in [1.54, 1.807) is 0 Å². The molecule has 0 aromatic rings. The second-order valence-corrected chi connectivity index (χ2v) is 7.67. The Balaban J connectivity index is 2.06. The molecule has 0 radical (unpaired) electrons. The van der Waals surface area contributed by atoms with Crippen molar-refractivity contribution < 1.29 is 19.2 Å². The summed E-state index contributed by atoms with van der Waals surface area (Å²) in [6.45, 7) is 2.65. The van der Waals surface area contributed by atoms with Crippen LogP contribution in [0.1, 0.15) is 45.4 Å². The Hall–Kier alpha value is -2.65. The molecule has 0 unspecified atom stereocenters. The Kier molecular flexibility index (Phi) is 7.36. The van der Waals surface area contributed by atoms with Crippen molar-refractivity contribution in [2.75, 3.05) is 13.1 Å². The number of nitrogens with one attached hydrogen (secondary N) is 3. The Morgan fingerprint density at radius 1 is 1.29 bits per heavy atom. The van der Waals surface area contributed by atoms with Gasteiger partial charge < -0.3 is 27.0 Å². The van der Waals surface area contributed by atoms with Crippen molar-refractivity contribution in [2.45, 2.75) is 57.5 Å². The highest BCUT2D eigenvalue weighted by molar-refractivity contribution is 5.95. The molecule has 28 heavy (non-hydrogen) atoms. The lowest BCUT2D eigenvalue weighted by atomic mass is 9.96. The molecule has 7 N–H and O–H groups in total. The van der Waals surface area contributed by atoms with E-state index in [9.17, 15) is 19.2 Å². The number of nitrogens with two attached hydrogens (primary N) is 2. The number of likely N-dealkylation sites (tertiary alicyclic amines) is 1. The number of primary amides is 1. The molecule has 0 bridgehead atoms. The minimum atomic E-state index is -0.816. The van der Waals surface area contributed by atoms with Crippen LogP contribution in [0, 0.1) is 17.2 Å². The Morgan fingerprint density at radius 2 is 2.00 bits per heavy atom. The Labute approximate surface area is 164 Å². The third-order valence-corrected chi connectivity index (χ3v) is 5.48. The van der Waals surface area contributed by atoms with E-state index in [1.165, 1.54) is 4.90 Å². The number of nitrogens with zero attached hydrogens (tertiary/aromatic N) is 1. The first-order chi connectivity index (χ1) is 13.2. The zero-order valence-electron chi connectivity index (χ0n) is 16.2. The lowest BCUT2D eigenvalue weighted by Crippen LogP contribution is -2.54. The lowest BCUT2D eigenvalue weighted by Gasteiger charge is -2.29. The molecule has 0 spiro atoms. The fraction of sp³-hybridized carbons (Fsp3) is 0.722. The molecule has 156 valence electrons. The van der Waals surface area contributed by atoms with E-state index in [2.05, 4.69) is 10.6 Å². The highest BCUT2D eigenvalue weighted by Crippen LogP contribution is 2.29. The molecular weight excluding hydrogens is 364 g/mol. The molecule has 1 aliphatic carbocycles. The van der Waals surface area contributed by atoms with Gasteiger partial charge in [-0.25, -0.2) is 0 Å². The second-order valence-electron chi connectivity index (χ2n) is 7.67. The van der Waals surface area contributed by atoms with Gasteiger partial charge in [-0.2, -0.15) is 0 Å². The van der Waals surface area contributed by atoms with Gasteiger partial charge in [0.1, 0.15) is 17.9 Å². The van der Waals surface area contributed by atoms with E-state index < -0.39 is 23.9 Å². The van der Waals surface area contributed by atoms with Crippen LogP contribution in [-0.4, -0.2) is 59.5 Å². The van der Waals surface area contributed by atoms with Gasteiger partial charge in [0.15, 0.2) is 5.96 Å². The van der Waals surface area contributed by atoms with Crippen LogP contribution in [0.3, 0.4) is 0 Å². The minimum absolute atomic E-state index is 0.0505. The summed E-state index contributed by atoms with van der Waals surface area (Å²) in [6.07, 6.45) is 2.57. The largest absolute Gasteiger partial charge is 0.370 e.